The van der Waals surface area contributed by atoms with Crippen LogP contribution in [0.2, 0.25) is 0 Å². The number of carbonyl (C=O) groups is 1. The minimum atomic E-state index is -0.310. The lowest BCUT2D eigenvalue weighted by Gasteiger charge is -2.30. The number of carbonyl (C=O) groups excluding carboxylic acids is 1. The molecule has 1 aliphatic carbocycles. The molecular weight excluding hydrogens is 333 g/mol. The van der Waals surface area contributed by atoms with Crippen molar-refractivity contribution in [3.8, 4) is 11.3 Å². The minimum Gasteiger partial charge on any atom is -0.355 e. The predicted molar refractivity (Wildman–Crippen MR) is 96.2 cm³/mol. The van der Waals surface area contributed by atoms with E-state index in [1.165, 1.54) is 57.3 Å². The van der Waals surface area contributed by atoms with Crippen molar-refractivity contribution in [1.29, 1.82) is 0 Å². The fraction of sp³-hybridized carbons (Fsp3) is 0.500. The lowest BCUT2D eigenvalue weighted by Crippen LogP contribution is -2.40. The highest BCUT2D eigenvalue weighted by molar-refractivity contribution is 5.93. The second-order valence-electron chi connectivity index (χ2n) is 7.60. The van der Waals surface area contributed by atoms with E-state index in [-0.39, 0.29) is 22.8 Å². The van der Waals surface area contributed by atoms with Crippen LogP contribution in [0.3, 0.4) is 0 Å². The summed E-state index contributed by atoms with van der Waals surface area (Å²) in [5.74, 6) is -0.0636. The van der Waals surface area contributed by atoms with Gasteiger partial charge in [-0.05, 0) is 63.0 Å². The molecule has 26 heavy (non-hydrogen) atoms. The van der Waals surface area contributed by atoms with Crippen molar-refractivity contribution >= 4 is 5.91 Å². The van der Waals surface area contributed by atoms with Gasteiger partial charge in [0.1, 0.15) is 5.82 Å². The summed E-state index contributed by atoms with van der Waals surface area (Å²) < 4.78 is 18.2. The number of nitrogens with one attached hydrogen (secondary N) is 1. The quantitative estimate of drug-likeness (QED) is 0.860. The summed E-state index contributed by atoms with van der Waals surface area (Å²) in [7, 11) is 0. The summed E-state index contributed by atoms with van der Waals surface area (Å²) in [6, 6.07) is 7.53. The third kappa shape index (κ3) is 3.96. The standard InChI is InChI=1S/C20H24FN3O2/c21-16-6-4-15(5-7-16)18-12-17(23-26-18)19(25)22-13-20(8-9-20)14-24-10-2-1-3-11-24/h4-7,12H,1-3,8-11,13-14H2,(H,22,25). The van der Waals surface area contributed by atoms with Gasteiger partial charge in [-0.2, -0.15) is 0 Å². The molecule has 2 heterocycles. The summed E-state index contributed by atoms with van der Waals surface area (Å²) in [4.78, 5) is 14.9. The Morgan fingerprint density at radius 1 is 1.19 bits per heavy atom. The molecule has 0 bridgehead atoms. The number of piperidine rings is 1. The minimum absolute atomic E-state index is 0.216. The molecule has 138 valence electrons. The first kappa shape index (κ1) is 17.2. The van der Waals surface area contributed by atoms with Gasteiger partial charge in [-0.25, -0.2) is 4.39 Å². The summed E-state index contributed by atoms with van der Waals surface area (Å²) in [5.41, 5.74) is 1.19. The van der Waals surface area contributed by atoms with Gasteiger partial charge in [0.25, 0.3) is 5.91 Å². The summed E-state index contributed by atoms with van der Waals surface area (Å²) in [6.07, 6.45) is 6.25. The molecule has 1 amide bonds. The first-order valence-electron chi connectivity index (χ1n) is 9.37. The van der Waals surface area contributed by atoms with Crippen LogP contribution in [0.1, 0.15) is 42.6 Å². The largest absolute Gasteiger partial charge is 0.355 e. The molecule has 4 rings (SSSR count). The maximum Gasteiger partial charge on any atom is 0.273 e. The van der Waals surface area contributed by atoms with Crippen LogP contribution in [0.25, 0.3) is 11.3 Å². The Morgan fingerprint density at radius 3 is 2.62 bits per heavy atom. The second kappa shape index (κ2) is 7.19. The molecule has 2 aliphatic rings. The van der Waals surface area contributed by atoms with E-state index in [0.29, 0.717) is 17.9 Å². The Balaban J connectivity index is 1.33. The van der Waals surface area contributed by atoms with Gasteiger partial charge in [-0.1, -0.05) is 11.6 Å². The molecule has 1 aromatic heterocycles. The molecule has 1 aliphatic heterocycles. The van der Waals surface area contributed by atoms with Gasteiger partial charge in [0.2, 0.25) is 0 Å². The summed E-state index contributed by atoms with van der Waals surface area (Å²) in [5, 5.41) is 6.88. The van der Waals surface area contributed by atoms with Crippen LogP contribution < -0.4 is 5.32 Å². The highest BCUT2D eigenvalue weighted by Gasteiger charge is 2.44. The van der Waals surface area contributed by atoms with Crippen LogP contribution in [0, 0.1) is 11.2 Å². The molecule has 0 atom stereocenters. The predicted octanol–water partition coefficient (Wildman–Crippen LogP) is 3.48. The summed E-state index contributed by atoms with van der Waals surface area (Å²) >= 11 is 0. The smallest absolute Gasteiger partial charge is 0.273 e. The van der Waals surface area contributed by atoms with E-state index in [1.54, 1.807) is 18.2 Å². The van der Waals surface area contributed by atoms with Crippen LogP contribution in [0.15, 0.2) is 34.9 Å². The fourth-order valence-corrected chi connectivity index (χ4v) is 3.65. The number of benzene rings is 1. The lowest BCUT2D eigenvalue weighted by molar-refractivity contribution is 0.0927. The van der Waals surface area contributed by atoms with Crippen LogP contribution in [-0.2, 0) is 0 Å². The van der Waals surface area contributed by atoms with Gasteiger partial charge in [0.05, 0.1) is 0 Å². The number of halogens is 1. The number of hydrogen-bond acceptors (Lipinski definition) is 4. The van der Waals surface area contributed by atoms with Crippen molar-refractivity contribution < 1.29 is 13.7 Å². The fourth-order valence-electron chi connectivity index (χ4n) is 3.65. The molecule has 0 spiro atoms. The Hall–Kier alpha value is -2.21. The molecule has 6 heteroatoms. The van der Waals surface area contributed by atoms with Crippen molar-refractivity contribution in [1.82, 2.24) is 15.4 Å². The number of aromatic nitrogens is 1. The Morgan fingerprint density at radius 2 is 1.92 bits per heavy atom. The van der Waals surface area contributed by atoms with E-state index in [9.17, 15) is 9.18 Å². The van der Waals surface area contributed by atoms with Crippen molar-refractivity contribution in [2.45, 2.75) is 32.1 Å². The number of rotatable bonds is 6. The van der Waals surface area contributed by atoms with E-state index < -0.39 is 0 Å². The zero-order valence-electron chi connectivity index (χ0n) is 14.8. The third-order valence-corrected chi connectivity index (χ3v) is 5.46. The number of amides is 1. The number of nitrogens with zero attached hydrogens (tertiary/aromatic N) is 2. The topological polar surface area (TPSA) is 58.4 Å². The third-order valence-electron chi connectivity index (χ3n) is 5.46. The molecule has 0 radical (unpaired) electrons. The van der Waals surface area contributed by atoms with Gasteiger partial charge >= 0.3 is 0 Å². The van der Waals surface area contributed by atoms with Crippen molar-refractivity contribution in [3.63, 3.8) is 0 Å². The van der Waals surface area contributed by atoms with Gasteiger partial charge in [-0.15, -0.1) is 0 Å². The second-order valence-corrected chi connectivity index (χ2v) is 7.60. The Kier molecular flexibility index (Phi) is 4.76. The van der Waals surface area contributed by atoms with Crippen LogP contribution in [-0.4, -0.2) is 42.1 Å². The lowest BCUT2D eigenvalue weighted by atomic mass is 10.0. The first-order valence-corrected chi connectivity index (χ1v) is 9.37. The monoisotopic (exact) mass is 357 g/mol. The maximum atomic E-state index is 13.0. The molecular formula is C20H24FN3O2. The summed E-state index contributed by atoms with van der Waals surface area (Å²) in [6.45, 7) is 4.12. The normalized spacial score (nSPS) is 19.3. The zero-order chi connectivity index (χ0) is 18.0. The van der Waals surface area contributed by atoms with Crippen molar-refractivity contribution in [3.05, 3.63) is 41.8 Å². The number of hydrogen-bond donors (Lipinski definition) is 1. The Labute approximate surface area is 152 Å². The van der Waals surface area contributed by atoms with Crippen LogP contribution in [0.4, 0.5) is 4.39 Å². The first-order chi connectivity index (χ1) is 12.6. The molecule has 5 nitrogen and oxygen atoms in total. The molecule has 2 aromatic rings. The van der Waals surface area contributed by atoms with E-state index in [2.05, 4.69) is 15.4 Å². The van der Waals surface area contributed by atoms with Crippen molar-refractivity contribution in [2.24, 2.45) is 5.41 Å². The molecule has 0 unspecified atom stereocenters. The average molecular weight is 357 g/mol. The average Bonchev–Trinajstić information content (AvgIpc) is 3.24. The highest BCUT2D eigenvalue weighted by Crippen LogP contribution is 2.46. The van der Waals surface area contributed by atoms with Gasteiger partial charge in [0, 0.05) is 30.1 Å². The van der Waals surface area contributed by atoms with E-state index in [4.69, 9.17) is 4.52 Å². The van der Waals surface area contributed by atoms with Crippen LogP contribution in [0.5, 0.6) is 0 Å². The molecule has 1 aromatic carbocycles. The van der Waals surface area contributed by atoms with Crippen LogP contribution >= 0.6 is 0 Å². The van der Waals surface area contributed by atoms with Gasteiger partial charge < -0.3 is 14.7 Å². The molecule has 1 saturated heterocycles. The van der Waals surface area contributed by atoms with Gasteiger partial charge in [-0.3, -0.25) is 4.79 Å². The molecule has 1 saturated carbocycles. The van der Waals surface area contributed by atoms with E-state index >= 15 is 0 Å². The van der Waals surface area contributed by atoms with E-state index in [0.717, 1.165) is 6.54 Å². The molecule has 1 N–H and O–H groups in total. The molecule has 2 fully saturated rings. The Bertz CT molecular complexity index is 762. The number of likely N-dealkylation sites (tertiary alicyclic amines) is 1. The van der Waals surface area contributed by atoms with Crippen molar-refractivity contribution in [2.75, 3.05) is 26.2 Å². The maximum absolute atomic E-state index is 13.0. The highest BCUT2D eigenvalue weighted by atomic mass is 19.1. The van der Waals surface area contributed by atoms with E-state index in [1.807, 2.05) is 0 Å². The zero-order valence-corrected chi connectivity index (χ0v) is 14.8. The SMILES string of the molecule is O=C(NCC1(CN2CCCCC2)CC1)c1cc(-c2ccc(F)cc2)on1. The van der Waals surface area contributed by atoms with Gasteiger partial charge in [0.15, 0.2) is 11.5 Å².